The molecule has 0 unspecified atom stereocenters. The number of nitrogens with zero attached hydrogens (tertiary/aromatic N) is 1. The SMILES string of the molecule is CC(C)(C)c1nc(/C=C/C=O)cs1. The number of allylic oxidation sites excluding steroid dienone is 1. The topological polar surface area (TPSA) is 30.0 Å². The number of hydrogen-bond donors (Lipinski definition) is 0. The molecule has 0 amide bonds. The van der Waals surface area contributed by atoms with Crippen LogP contribution >= 0.6 is 11.3 Å². The third kappa shape index (κ3) is 2.77. The monoisotopic (exact) mass is 195 g/mol. The number of aromatic nitrogens is 1. The van der Waals surface area contributed by atoms with E-state index in [9.17, 15) is 4.79 Å². The van der Waals surface area contributed by atoms with Crippen LogP contribution in [0.5, 0.6) is 0 Å². The van der Waals surface area contributed by atoms with Gasteiger partial charge in [0.05, 0.1) is 10.7 Å². The molecule has 0 aromatic carbocycles. The van der Waals surface area contributed by atoms with Gasteiger partial charge in [0.25, 0.3) is 0 Å². The molecular formula is C10H13NOS. The molecule has 0 saturated carbocycles. The van der Waals surface area contributed by atoms with Crippen LogP contribution in [0.2, 0.25) is 0 Å². The molecular weight excluding hydrogens is 182 g/mol. The van der Waals surface area contributed by atoms with Crippen molar-refractivity contribution in [2.45, 2.75) is 26.2 Å². The molecule has 1 rings (SSSR count). The van der Waals surface area contributed by atoms with Crippen molar-refractivity contribution >= 4 is 23.7 Å². The second-order valence-corrected chi connectivity index (χ2v) is 4.68. The maximum Gasteiger partial charge on any atom is 0.142 e. The van der Waals surface area contributed by atoms with Crippen LogP contribution in [-0.4, -0.2) is 11.3 Å². The quantitative estimate of drug-likeness (QED) is 0.536. The van der Waals surface area contributed by atoms with Crippen molar-refractivity contribution in [3.63, 3.8) is 0 Å². The van der Waals surface area contributed by atoms with E-state index in [1.807, 2.05) is 5.38 Å². The second kappa shape index (κ2) is 3.83. The Bertz CT molecular complexity index is 320. The number of hydrogen-bond acceptors (Lipinski definition) is 3. The molecule has 3 heteroatoms. The lowest BCUT2D eigenvalue weighted by Gasteiger charge is -2.13. The highest BCUT2D eigenvalue weighted by atomic mass is 32.1. The van der Waals surface area contributed by atoms with Gasteiger partial charge >= 0.3 is 0 Å². The zero-order chi connectivity index (χ0) is 9.90. The standard InChI is InChI=1S/C10H13NOS/c1-10(2,3)9-11-8(7-13-9)5-4-6-12/h4-7H,1-3H3/b5-4+. The second-order valence-electron chi connectivity index (χ2n) is 3.82. The summed E-state index contributed by atoms with van der Waals surface area (Å²) in [6.07, 6.45) is 3.94. The number of aldehydes is 1. The Hall–Kier alpha value is -0.960. The van der Waals surface area contributed by atoms with Gasteiger partial charge in [-0.25, -0.2) is 4.98 Å². The summed E-state index contributed by atoms with van der Waals surface area (Å²) >= 11 is 1.63. The Morgan fingerprint density at radius 2 is 2.15 bits per heavy atom. The fourth-order valence-corrected chi connectivity index (χ4v) is 1.72. The van der Waals surface area contributed by atoms with E-state index in [0.29, 0.717) is 0 Å². The summed E-state index contributed by atoms with van der Waals surface area (Å²) in [5.74, 6) is 0. The van der Waals surface area contributed by atoms with Crippen molar-refractivity contribution < 1.29 is 4.79 Å². The van der Waals surface area contributed by atoms with Gasteiger partial charge in [-0.1, -0.05) is 20.8 Å². The van der Waals surface area contributed by atoms with Gasteiger partial charge in [-0.3, -0.25) is 4.79 Å². The van der Waals surface area contributed by atoms with Crippen molar-refractivity contribution in [2.24, 2.45) is 0 Å². The van der Waals surface area contributed by atoms with Gasteiger partial charge in [-0.15, -0.1) is 11.3 Å². The lowest BCUT2D eigenvalue weighted by Crippen LogP contribution is -2.10. The fraction of sp³-hybridized carbons (Fsp3) is 0.400. The molecule has 70 valence electrons. The number of carbonyl (C=O) groups is 1. The summed E-state index contributed by atoms with van der Waals surface area (Å²) in [5, 5.41) is 3.05. The van der Waals surface area contributed by atoms with Crippen LogP contribution in [0.4, 0.5) is 0 Å². The third-order valence-corrected chi connectivity index (χ3v) is 2.80. The summed E-state index contributed by atoms with van der Waals surface area (Å²) in [4.78, 5) is 14.5. The summed E-state index contributed by atoms with van der Waals surface area (Å²) in [7, 11) is 0. The Balaban J connectivity index is 2.87. The molecule has 0 aliphatic rings. The van der Waals surface area contributed by atoms with E-state index in [-0.39, 0.29) is 5.41 Å². The van der Waals surface area contributed by atoms with Gasteiger partial charge < -0.3 is 0 Å². The van der Waals surface area contributed by atoms with Crippen molar-refractivity contribution in [3.05, 3.63) is 22.2 Å². The lowest BCUT2D eigenvalue weighted by molar-refractivity contribution is -0.104. The minimum Gasteiger partial charge on any atom is -0.299 e. The van der Waals surface area contributed by atoms with Crippen molar-refractivity contribution in [3.8, 4) is 0 Å². The van der Waals surface area contributed by atoms with Gasteiger partial charge in [0.1, 0.15) is 6.29 Å². The zero-order valence-corrected chi connectivity index (χ0v) is 8.89. The summed E-state index contributed by atoms with van der Waals surface area (Å²) in [5.41, 5.74) is 0.958. The molecule has 1 aromatic heterocycles. The Kier molecular flexibility index (Phi) is 2.98. The van der Waals surface area contributed by atoms with E-state index < -0.39 is 0 Å². The lowest BCUT2D eigenvalue weighted by atomic mass is 9.98. The van der Waals surface area contributed by atoms with Crippen molar-refractivity contribution in [2.75, 3.05) is 0 Å². The molecule has 2 nitrogen and oxygen atoms in total. The molecule has 0 spiro atoms. The first-order valence-electron chi connectivity index (χ1n) is 4.12. The summed E-state index contributed by atoms with van der Waals surface area (Å²) in [6, 6.07) is 0. The number of carbonyl (C=O) groups excluding carboxylic acids is 1. The maximum absolute atomic E-state index is 10.1. The highest BCUT2D eigenvalue weighted by Crippen LogP contribution is 2.25. The van der Waals surface area contributed by atoms with E-state index in [2.05, 4.69) is 25.8 Å². The van der Waals surface area contributed by atoms with Gasteiger partial charge in [0, 0.05) is 10.8 Å². The highest BCUT2D eigenvalue weighted by molar-refractivity contribution is 7.09. The maximum atomic E-state index is 10.1. The highest BCUT2D eigenvalue weighted by Gasteiger charge is 2.16. The van der Waals surface area contributed by atoms with Crippen LogP contribution < -0.4 is 0 Å². The average Bonchev–Trinajstić information content (AvgIpc) is 2.47. The molecule has 0 aliphatic heterocycles. The first-order valence-corrected chi connectivity index (χ1v) is 5.00. The normalized spacial score (nSPS) is 12.2. The van der Waals surface area contributed by atoms with Gasteiger partial charge in [-0.05, 0) is 12.2 Å². The number of rotatable bonds is 2. The molecule has 0 atom stereocenters. The smallest absolute Gasteiger partial charge is 0.142 e. The van der Waals surface area contributed by atoms with Crippen LogP contribution in [0.3, 0.4) is 0 Å². The fourth-order valence-electron chi connectivity index (χ4n) is 0.845. The predicted octanol–water partition coefficient (Wildman–Crippen LogP) is 2.65. The van der Waals surface area contributed by atoms with E-state index in [1.165, 1.54) is 6.08 Å². The first kappa shape index (κ1) is 10.1. The minimum absolute atomic E-state index is 0.0952. The van der Waals surface area contributed by atoms with E-state index in [4.69, 9.17) is 0 Å². The van der Waals surface area contributed by atoms with Gasteiger partial charge in [0.2, 0.25) is 0 Å². The molecule has 1 aromatic rings. The Labute approximate surface area is 82.3 Å². The van der Waals surface area contributed by atoms with E-state index in [1.54, 1.807) is 17.4 Å². The first-order chi connectivity index (χ1) is 6.04. The molecule has 0 bridgehead atoms. The van der Waals surface area contributed by atoms with Crippen LogP contribution in [-0.2, 0) is 10.2 Å². The van der Waals surface area contributed by atoms with E-state index in [0.717, 1.165) is 17.0 Å². The largest absolute Gasteiger partial charge is 0.299 e. The van der Waals surface area contributed by atoms with Crippen molar-refractivity contribution in [1.29, 1.82) is 0 Å². The molecule has 0 aliphatic carbocycles. The molecule has 1 heterocycles. The van der Waals surface area contributed by atoms with Crippen LogP contribution in [0.1, 0.15) is 31.5 Å². The summed E-state index contributed by atoms with van der Waals surface area (Å²) in [6.45, 7) is 6.37. The molecule has 0 saturated heterocycles. The Morgan fingerprint density at radius 3 is 2.62 bits per heavy atom. The van der Waals surface area contributed by atoms with Crippen LogP contribution in [0.25, 0.3) is 6.08 Å². The average molecular weight is 195 g/mol. The predicted molar refractivity (Wildman–Crippen MR) is 55.9 cm³/mol. The van der Waals surface area contributed by atoms with Gasteiger partial charge in [-0.2, -0.15) is 0 Å². The molecule has 13 heavy (non-hydrogen) atoms. The molecule has 0 N–H and O–H groups in total. The van der Waals surface area contributed by atoms with Crippen LogP contribution in [0.15, 0.2) is 11.5 Å². The number of thiazole rings is 1. The van der Waals surface area contributed by atoms with E-state index >= 15 is 0 Å². The molecule has 0 radical (unpaired) electrons. The third-order valence-electron chi connectivity index (χ3n) is 1.51. The molecule has 0 fully saturated rings. The van der Waals surface area contributed by atoms with Crippen molar-refractivity contribution in [1.82, 2.24) is 4.98 Å². The minimum atomic E-state index is 0.0952. The summed E-state index contributed by atoms with van der Waals surface area (Å²) < 4.78 is 0. The van der Waals surface area contributed by atoms with Crippen LogP contribution in [0, 0.1) is 0 Å². The zero-order valence-electron chi connectivity index (χ0n) is 8.07. The van der Waals surface area contributed by atoms with Gasteiger partial charge in [0.15, 0.2) is 0 Å². The Morgan fingerprint density at radius 1 is 1.46 bits per heavy atom.